The summed E-state index contributed by atoms with van der Waals surface area (Å²) in [5, 5.41) is 2.80. The van der Waals surface area contributed by atoms with Gasteiger partial charge in [0, 0.05) is 17.5 Å². The SMILES string of the molecule is COc1ccc(Oc2c(Cl)cc(NC(=O)OCCS(C)(=O)=O)cc2Cl)cc1C(C)C. The molecule has 0 fully saturated rings. The van der Waals surface area contributed by atoms with Crippen molar-refractivity contribution in [2.75, 3.05) is 31.0 Å². The number of nitrogens with one attached hydrogen (secondary N) is 1. The second kappa shape index (κ2) is 10.2. The highest BCUT2D eigenvalue weighted by Gasteiger charge is 2.15. The van der Waals surface area contributed by atoms with Gasteiger partial charge >= 0.3 is 6.09 Å². The van der Waals surface area contributed by atoms with Gasteiger partial charge in [-0.05, 0) is 36.2 Å². The van der Waals surface area contributed by atoms with Gasteiger partial charge in [-0.1, -0.05) is 37.0 Å². The Morgan fingerprint density at radius 2 is 1.77 bits per heavy atom. The van der Waals surface area contributed by atoms with E-state index in [1.54, 1.807) is 19.2 Å². The van der Waals surface area contributed by atoms with Gasteiger partial charge in [-0.2, -0.15) is 0 Å². The summed E-state index contributed by atoms with van der Waals surface area (Å²) in [6, 6.07) is 8.29. The predicted molar refractivity (Wildman–Crippen MR) is 118 cm³/mol. The van der Waals surface area contributed by atoms with E-state index in [0.29, 0.717) is 5.75 Å². The molecule has 0 spiro atoms. The van der Waals surface area contributed by atoms with Crippen LogP contribution in [0, 0.1) is 0 Å². The molecule has 2 aromatic carbocycles. The maximum absolute atomic E-state index is 11.8. The molecule has 0 saturated carbocycles. The lowest BCUT2D eigenvalue weighted by molar-refractivity contribution is 0.168. The summed E-state index contributed by atoms with van der Waals surface area (Å²) >= 11 is 12.6. The lowest BCUT2D eigenvalue weighted by atomic mass is 10.0. The molecule has 2 aromatic rings. The van der Waals surface area contributed by atoms with Crippen molar-refractivity contribution >= 4 is 44.8 Å². The van der Waals surface area contributed by atoms with Gasteiger partial charge in [-0.15, -0.1) is 0 Å². The summed E-state index contributed by atoms with van der Waals surface area (Å²) < 4.78 is 38.2. The molecule has 0 bridgehead atoms. The topological polar surface area (TPSA) is 90.9 Å². The van der Waals surface area contributed by atoms with Gasteiger partial charge in [0.1, 0.15) is 18.1 Å². The van der Waals surface area contributed by atoms with E-state index in [2.05, 4.69) is 5.32 Å². The van der Waals surface area contributed by atoms with Gasteiger partial charge in [-0.25, -0.2) is 13.2 Å². The zero-order valence-electron chi connectivity index (χ0n) is 17.0. The summed E-state index contributed by atoms with van der Waals surface area (Å²) in [7, 11) is -1.62. The van der Waals surface area contributed by atoms with Crippen LogP contribution in [0.1, 0.15) is 25.3 Å². The molecule has 30 heavy (non-hydrogen) atoms. The predicted octanol–water partition coefficient (Wildman–Crippen LogP) is 5.51. The molecule has 1 N–H and O–H groups in total. The average molecular weight is 476 g/mol. The van der Waals surface area contributed by atoms with Crippen LogP contribution in [0.25, 0.3) is 0 Å². The highest BCUT2D eigenvalue weighted by molar-refractivity contribution is 7.90. The maximum atomic E-state index is 11.8. The average Bonchev–Trinajstić information content (AvgIpc) is 2.63. The van der Waals surface area contributed by atoms with Gasteiger partial charge in [0.15, 0.2) is 15.6 Å². The second-order valence-corrected chi connectivity index (χ2v) is 9.89. The van der Waals surface area contributed by atoms with Gasteiger partial charge in [0.05, 0.1) is 22.9 Å². The third kappa shape index (κ3) is 6.97. The standard InChI is InChI=1S/C20H23Cl2NO6S/c1-12(2)15-11-14(5-6-18(15)27-3)29-19-16(21)9-13(10-17(19)22)23-20(24)28-7-8-30(4,25)26/h5-6,9-12H,7-8H2,1-4H3,(H,23,24). The van der Waals surface area contributed by atoms with Crippen molar-refractivity contribution in [2.45, 2.75) is 19.8 Å². The van der Waals surface area contributed by atoms with E-state index in [1.165, 1.54) is 12.1 Å². The third-order valence-corrected chi connectivity index (χ3v) is 5.44. The largest absolute Gasteiger partial charge is 0.496 e. The van der Waals surface area contributed by atoms with E-state index in [-0.39, 0.29) is 39.8 Å². The van der Waals surface area contributed by atoms with Gasteiger partial charge in [0.2, 0.25) is 0 Å². The van der Waals surface area contributed by atoms with Gasteiger partial charge in [0.25, 0.3) is 0 Å². The molecule has 0 atom stereocenters. The van der Waals surface area contributed by atoms with E-state index in [1.807, 2.05) is 19.9 Å². The van der Waals surface area contributed by atoms with Crippen molar-refractivity contribution in [3.05, 3.63) is 45.9 Å². The highest BCUT2D eigenvalue weighted by atomic mass is 35.5. The summed E-state index contributed by atoms with van der Waals surface area (Å²) in [4.78, 5) is 11.8. The first-order valence-electron chi connectivity index (χ1n) is 8.96. The quantitative estimate of drug-likeness (QED) is 0.540. The van der Waals surface area contributed by atoms with E-state index in [4.69, 9.17) is 37.4 Å². The molecule has 0 heterocycles. The van der Waals surface area contributed by atoms with Crippen molar-refractivity contribution in [1.82, 2.24) is 0 Å². The van der Waals surface area contributed by atoms with Crippen LogP contribution in [0.3, 0.4) is 0 Å². The molecular formula is C20H23Cl2NO6S. The van der Waals surface area contributed by atoms with Crippen LogP contribution < -0.4 is 14.8 Å². The molecule has 0 aliphatic heterocycles. The Labute approximate surface area is 186 Å². The lowest BCUT2D eigenvalue weighted by Gasteiger charge is -2.16. The van der Waals surface area contributed by atoms with Crippen LogP contribution in [0.15, 0.2) is 30.3 Å². The first-order chi connectivity index (χ1) is 14.0. The van der Waals surface area contributed by atoms with Crippen molar-refractivity contribution in [3.8, 4) is 17.2 Å². The number of halogens is 2. The number of ether oxygens (including phenoxy) is 3. The zero-order chi connectivity index (χ0) is 22.5. The molecule has 0 aliphatic rings. The Hall–Kier alpha value is -2.16. The van der Waals surface area contributed by atoms with Crippen LogP contribution in [0.2, 0.25) is 10.0 Å². The first kappa shape index (κ1) is 24.1. The van der Waals surface area contributed by atoms with Crippen LogP contribution >= 0.6 is 23.2 Å². The number of rotatable bonds is 8. The first-order valence-corrected chi connectivity index (χ1v) is 11.8. The number of hydrogen-bond acceptors (Lipinski definition) is 6. The van der Waals surface area contributed by atoms with Crippen LogP contribution in [0.4, 0.5) is 10.5 Å². The summed E-state index contributed by atoms with van der Waals surface area (Å²) in [5.41, 5.74) is 1.25. The molecule has 164 valence electrons. The maximum Gasteiger partial charge on any atom is 0.411 e. The van der Waals surface area contributed by atoms with Gasteiger partial charge in [-0.3, -0.25) is 5.32 Å². The fourth-order valence-electron chi connectivity index (χ4n) is 2.51. The van der Waals surface area contributed by atoms with Crippen molar-refractivity contribution < 1.29 is 27.4 Å². The Morgan fingerprint density at radius 1 is 1.13 bits per heavy atom. The Bertz CT molecular complexity index is 1000. The molecule has 0 saturated heterocycles. The molecule has 10 heteroatoms. The number of methoxy groups -OCH3 is 1. The van der Waals surface area contributed by atoms with E-state index in [0.717, 1.165) is 17.6 Å². The van der Waals surface area contributed by atoms with Crippen molar-refractivity contribution in [2.24, 2.45) is 0 Å². The minimum absolute atomic E-state index is 0.177. The summed E-state index contributed by atoms with van der Waals surface area (Å²) in [6.45, 7) is 3.82. The van der Waals surface area contributed by atoms with E-state index in [9.17, 15) is 13.2 Å². The number of carbonyl (C=O) groups excluding carboxylic acids is 1. The number of hydrogen-bond donors (Lipinski definition) is 1. The molecule has 0 aliphatic carbocycles. The second-order valence-electron chi connectivity index (χ2n) is 6.82. The minimum Gasteiger partial charge on any atom is -0.496 e. The third-order valence-electron chi connectivity index (χ3n) is 3.98. The molecule has 1 amide bonds. The minimum atomic E-state index is -3.23. The fourth-order valence-corrected chi connectivity index (χ4v) is 3.46. The molecule has 2 rings (SSSR count). The number of anilines is 1. The van der Waals surface area contributed by atoms with Crippen LogP contribution in [-0.4, -0.2) is 40.2 Å². The fraction of sp³-hybridized carbons (Fsp3) is 0.350. The summed E-state index contributed by atoms with van der Waals surface area (Å²) in [5.74, 6) is 1.46. The number of amides is 1. The molecular weight excluding hydrogens is 453 g/mol. The number of sulfone groups is 1. The van der Waals surface area contributed by atoms with Crippen LogP contribution in [0.5, 0.6) is 17.2 Å². The van der Waals surface area contributed by atoms with E-state index >= 15 is 0 Å². The Kier molecular flexibility index (Phi) is 8.23. The number of carbonyl (C=O) groups is 1. The molecule has 0 radical (unpaired) electrons. The Morgan fingerprint density at radius 3 is 2.30 bits per heavy atom. The van der Waals surface area contributed by atoms with Gasteiger partial charge < -0.3 is 14.2 Å². The Balaban J connectivity index is 2.13. The lowest BCUT2D eigenvalue weighted by Crippen LogP contribution is -2.18. The highest BCUT2D eigenvalue weighted by Crippen LogP contribution is 2.40. The summed E-state index contributed by atoms with van der Waals surface area (Å²) in [6.07, 6.45) is 0.232. The zero-order valence-corrected chi connectivity index (χ0v) is 19.3. The molecule has 7 nitrogen and oxygen atoms in total. The van der Waals surface area contributed by atoms with Crippen LogP contribution in [-0.2, 0) is 14.6 Å². The van der Waals surface area contributed by atoms with Crippen molar-refractivity contribution in [3.63, 3.8) is 0 Å². The molecule has 0 unspecified atom stereocenters. The van der Waals surface area contributed by atoms with Crippen molar-refractivity contribution in [1.29, 1.82) is 0 Å². The molecule has 0 aromatic heterocycles. The monoisotopic (exact) mass is 475 g/mol. The smallest absolute Gasteiger partial charge is 0.411 e. The van der Waals surface area contributed by atoms with E-state index < -0.39 is 15.9 Å². The number of benzene rings is 2. The normalized spacial score (nSPS) is 11.3.